The van der Waals surface area contributed by atoms with E-state index in [1.54, 1.807) is 0 Å². The number of aliphatic imine (C=N–C) groups is 1. The molecule has 0 bridgehead atoms. The Morgan fingerprint density at radius 3 is 2.14 bits per heavy atom. The number of nitrogens with zero attached hydrogens (tertiary/aromatic N) is 2. The van der Waals surface area contributed by atoms with Gasteiger partial charge < -0.3 is 10.8 Å². The molecule has 5 nitrogen and oxygen atoms in total. The average molecular weight is 572 g/mol. The van der Waals surface area contributed by atoms with Gasteiger partial charge >= 0.3 is 32.3 Å². The fraction of sp³-hybridized carbons (Fsp3) is 0.167. The Bertz CT molecular complexity index is 1200. The molecule has 1 heterocycles. The molecule has 1 aromatic heterocycles. The summed E-state index contributed by atoms with van der Waals surface area (Å²) in [7, 11) is -5.49. The topological polar surface area (TPSA) is 88.6 Å². The molecule has 0 radical (unpaired) electrons. The zero-order valence-electron chi connectivity index (χ0n) is 16.4. The summed E-state index contributed by atoms with van der Waals surface area (Å²) in [6.45, 7) is 0. The number of rotatable bonds is 6. The van der Waals surface area contributed by atoms with Crippen molar-refractivity contribution in [3.05, 3.63) is 63.0 Å². The van der Waals surface area contributed by atoms with Gasteiger partial charge in [0.2, 0.25) is 0 Å². The third-order valence-electron chi connectivity index (χ3n) is 4.28. The smallest absolute Gasteiger partial charge is 0.436 e. The van der Waals surface area contributed by atoms with Gasteiger partial charge in [0.05, 0.1) is 21.8 Å². The zero-order valence-corrected chi connectivity index (χ0v) is 18.8. The summed E-state index contributed by atoms with van der Waals surface area (Å²) >= 11 is 11.2. The van der Waals surface area contributed by atoms with Crippen molar-refractivity contribution in [2.45, 2.75) is 17.8 Å². The molecule has 1 aromatic carbocycles. The molecule has 1 atom stereocenters. The number of hydrogen-bond acceptors (Lipinski definition) is 4. The molecular weight excluding hydrogens is 563 g/mol. The van der Waals surface area contributed by atoms with Crippen LogP contribution in [0.5, 0.6) is 0 Å². The maximum atomic E-state index is 14.4. The summed E-state index contributed by atoms with van der Waals surface area (Å²) in [5, 5.41) is 2.04. The highest BCUT2D eigenvalue weighted by atomic mass is 35.5. The Morgan fingerprint density at radius 2 is 1.69 bits per heavy atom. The molecule has 0 aliphatic carbocycles. The Balaban J connectivity index is 2.69. The van der Waals surface area contributed by atoms with E-state index in [0.29, 0.717) is 6.21 Å². The second kappa shape index (κ2) is 10.2. The van der Waals surface area contributed by atoms with Gasteiger partial charge in [-0.25, -0.2) is 14.2 Å². The molecule has 0 saturated carbocycles. The molecule has 0 aliphatic rings. The van der Waals surface area contributed by atoms with Crippen LogP contribution in [0.3, 0.4) is 0 Å². The number of carboxylic acids is 1. The molecule has 3 N–H and O–H groups in total. The molecular formula is C18H9Cl2F9N3O2P. The summed E-state index contributed by atoms with van der Waals surface area (Å²) in [4.78, 5) is 18.2. The van der Waals surface area contributed by atoms with Crippen LogP contribution >= 0.6 is 31.7 Å². The van der Waals surface area contributed by atoms with Gasteiger partial charge in [0.1, 0.15) is 5.15 Å². The van der Waals surface area contributed by atoms with E-state index in [2.05, 4.69) is 9.98 Å². The number of nitrogens with two attached hydrogens (primary N) is 1. The van der Waals surface area contributed by atoms with Crippen LogP contribution < -0.4 is 5.73 Å². The quantitative estimate of drug-likeness (QED) is 0.161. The van der Waals surface area contributed by atoms with Crippen LogP contribution in [0.2, 0.25) is 10.2 Å². The number of allylic oxidation sites excluding steroid dienone is 1. The van der Waals surface area contributed by atoms with Gasteiger partial charge in [0.15, 0.2) is 0 Å². The number of pyridine rings is 1. The van der Waals surface area contributed by atoms with Gasteiger partial charge in [0.25, 0.3) is 0 Å². The second-order valence-corrected chi connectivity index (χ2v) is 8.30. The van der Waals surface area contributed by atoms with Gasteiger partial charge in [-0.1, -0.05) is 23.2 Å². The molecule has 0 fully saturated rings. The maximum absolute atomic E-state index is 14.4. The summed E-state index contributed by atoms with van der Waals surface area (Å²) in [6.07, 6.45) is -9.38. The highest BCUT2D eigenvalue weighted by Crippen LogP contribution is 2.67. The van der Waals surface area contributed by atoms with Gasteiger partial charge in [0, 0.05) is 35.3 Å². The van der Waals surface area contributed by atoms with Crippen molar-refractivity contribution in [1.29, 1.82) is 0 Å². The first-order chi connectivity index (χ1) is 15.9. The Hall–Kier alpha value is -2.57. The fourth-order valence-electron chi connectivity index (χ4n) is 2.60. The Kier molecular flexibility index (Phi) is 8.35. The predicted octanol–water partition coefficient (Wildman–Crippen LogP) is 7.74. The maximum Gasteiger partial charge on any atom is 0.436 e. The van der Waals surface area contributed by atoms with E-state index in [1.807, 2.05) is 0 Å². The van der Waals surface area contributed by atoms with Crippen molar-refractivity contribution in [3.63, 3.8) is 0 Å². The van der Waals surface area contributed by atoms with Crippen LogP contribution in [-0.4, -0.2) is 28.5 Å². The molecule has 0 saturated heterocycles. The number of alkyl halides is 7. The lowest BCUT2D eigenvalue weighted by Gasteiger charge is -2.27. The van der Waals surface area contributed by atoms with E-state index in [-0.39, 0.29) is 17.2 Å². The van der Waals surface area contributed by atoms with Crippen molar-refractivity contribution < 1.29 is 49.0 Å². The van der Waals surface area contributed by atoms with Crippen LogP contribution in [0.15, 0.2) is 35.6 Å². The van der Waals surface area contributed by atoms with Crippen molar-refractivity contribution in [2.24, 2.45) is 10.7 Å². The Labute approximate surface area is 201 Å². The lowest BCUT2D eigenvalue weighted by atomic mass is 10.0. The summed E-state index contributed by atoms with van der Waals surface area (Å²) in [6, 6.07) is 0.450. The standard InChI is InChI=1S/C18H9Cl2F9N3O2P/c19-12-3-9(16(21,35(28)29)18(25,26)27)2-11(17(22,23)24)13(12)31-6-8(4-30)7-1-10(15(33)34)14(20)32-5-7/h1-6H,30H2,(H,33,34)/b8-4+,31-6?. The first-order valence-electron chi connectivity index (χ1n) is 8.59. The van der Waals surface area contributed by atoms with Crippen LogP contribution in [0.1, 0.15) is 27.0 Å². The number of carbonyl (C=O) groups is 1. The van der Waals surface area contributed by atoms with E-state index in [9.17, 15) is 43.9 Å². The molecule has 0 spiro atoms. The molecule has 190 valence electrons. The highest BCUT2D eigenvalue weighted by Gasteiger charge is 2.65. The highest BCUT2D eigenvalue weighted by molar-refractivity contribution is 7.47. The summed E-state index contributed by atoms with van der Waals surface area (Å²) < 4.78 is 120. The number of benzene rings is 1. The van der Waals surface area contributed by atoms with Gasteiger partial charge in [-0.3, -0.25) is 4.99 Å². The van der Waals surface area contributed by atoms with Crippen LogP contribution in [-0.2, 0) is 11.6 Å². The minimum atomic E-state index is -6.25. The largest absolute Gasteiger partial charge is 0.478 e. The lowest BCUT2D eigenvalue weighted by Crippen LogP contribution is -2.35. The first kappa shape index (κ1) is 28.7. The van der Waals surface area contributed by atoms with Crippen LogP contribution in [0.4, 0.5) is 44.8 Å². The van der Waals surface area contributed by atoms with E-state index in [0.717, 1.165) is 18.5 Å². The first-order valence-corrected chi connectivity index (χ1v) is 10.5. The van der Waals surface area contributed by atoms with Crippen molar-refractivity contribution in [1.82, 2.24) is 4.98 Å². The van der Waals surface area contributed by atoms with E-state index in [1.165, 1.54) is 0 Å². The van der Waals surface area contributed by atoms with Crippen molar-refractivity contribution >= 4 is 55.2 Å². The average Bonchev–Trinajstić information content (AvgIpc) is 2.73. The summed E-state index contributed by atoms with van der Waals surface area (Å²) in [5.74, 6) is -1.50. The number of hydrogen-bond donors (Lipinski definition) is 2. The predicted molar refractivity (Wildman–Crippen MR) is 111 cm³/mol. The minimum Gasteiger partial charge on any atom is -0.478 e. The lowest BCUT2D eigenvalue weighted by molar-refractivity contribution is -0.203. The second-order valence-electron chi connectivity index (χ2n) is 6.45. The normalized spacial score (nSPS) is 15.0. The van der Waals surface area contributed by atoms with E-state index in [4.69, 9.17) is 34.0 Å². The van der Waals surface area contributed by atoms with Crippen molar-refractivity contribution in [2.75, 3.05) is 0 Å². The SMILES string of the molecule is N/C=C(\C=Nc1c(Cl)cc(C(F)(P(F)F)C(F)(F)F)cc1C(F)(F)F)c1cnc(Cl)c(C(=O)O)c1. The van der Waals surface area contributed by atoms with Gasteiger partial charge in [-0.2, -0.15) is 34.7 Å². The third-order valence-corrected chi connectivity index (χ3v) is 5.84. The number of halogens is 11. The number of aromatic carboxylic acids is 1. The van der Waals surface area contributed by atoms with Crippen LogP contribution in [0, 0.1) is 0 Å². The molecule has 0 aliphatic heterocycles. The van der Waals surface area contributed by atoms with E-state index < -0.39 is 70.9 Å². The zero-order chi connectivity index (χ0) is 26.9. The minimum absolute atomic E-state index is 0.0380. The van der Waals surface area contributed by atoms with Gasteiger partial charge in [-0.15, -0.1) is 0 Å². The summed E-state index contributed by atoms with van der Waals surface area (Å²) in [5.41, 5.74) is -0.798. The molecule has 0 amide bonds. The number of aromatic nitrogens is 1. The van der Waals surface area contributed by atoms with E-state index >= 15 is 0 Å². The Morgan fingerprint density at radius 1 is 1.09 bits per heavy atom. The molecule has 1 unspecified atom stereocenters. The fourth-order valence-corrected chi connectivity index (χ4v) is 3.57. The van der Waals surface area contributed by atoms with Crippen molar-refractivity contribution in [3.8, 4) is 0 Å². The van der Waals surface area contributed by atoms with Crippen LogP contribution in [0.25, 0.3) is 5.57 Å². The third kappa shape index (κ3) is 5.81. The molecule has 2 rings (SSSR count). The molecule has 2 aromatic rings. The number of carboxylic acid groups (broad SMARTS) is 1. The molecule has 17 heteroatoms. The monoisotopic (exact) mass is 571 g/mol. The van der Waals surface area contributed by atoms with Gasteiger partial charge in [-0.05, 0) is 18.2 Å². The molecule has 35 heavy (non-hydrogen) atoms.